The minimum absolute atomic E-state index is 0.0272. The maximum Gasteiger partial charge on any atom is 0.416 e. The number of nitro groups is 1. The third-order valence-electron chi connectivity index (χ3n) is 2.98. The number of nitrogens with one attached hydrogen (secondary N) is 1. The smallest absolute Gasteiger partial charge is 0.380 e. The molecule has 0 radical (unpaired) electrons. The zero-order chi connectivity index (χ0) is 15.5. The number of benzene rings is 1. The summed E-state index contributed by atoms with van der Waals surface area (Å²) in [6.45, 7) is 3.46. The molecule has 20 heavy (non-hydrogen) atoms. The van der Waals surface area contributed by atoms with Gasteiger partial charge in [-0.3, -0.25) is 10.1 Å². The lowest BCUT2D eigenvalue weighted by Gasteiger charge is -2.21. The Morgan fingerprint density at radius 1 is 1.35 bits per heavy atom. The molecule has 0 aromatic heterocycles. The Hall–Kier alpha value is -1.83. The van der Waals surface area contributed by atoms with E-state index in [4.69, 9.17) is 4.74 Å². The van der Waals surface area contributed by atoms with E-state index in [0.717, 1.165) is 12.1 Å². The van der Waals surface area contributed by atoms with Gasteiger partial charge in [-0.05, 0) is 26.0 Å². The summed E-state index contributed by atoms with van der Waals surface area (Å²) in [4.78, 5) is 10.0. The van der Waals surface area contributed by atoms with Crippen LogP contribution in [0.5, 0.6) is 0 Å². The highest BCUT2D eigenvalue weighted by Crippen LogP contribution is 2.35. The molecule has 0 aliphatic carbocycles. The molecule has 1 rings (SSSR count). The number of hydrogen-bond acceptors (Lipinski definition) is 4. The van der Waals surface area contributed by atoms with Gasteiger partial charge in [-0.25, -0.2) is 0 Å². The van der Waals surface area contributed by atoms with Crippen molar-refractivity contribution < 1.29 is 22.8 Å². The first-order valence-corrected chi connectivity index (χ1v) is 5.81. The van der Waals surface area contributed by atoms with Crippen LogP contribution in [-0.2, 0) is 10.9 Å². The van der Waals surface area contributed by atoms with Gasteiger partial charge in [0.25, 0.3) is 5.69 Å². The fourth-order valence-electron chi connectivity index (χ4n) is 1.55. The van der Waals surface area contributed by atoms with E-state index in [9.17, 15) is 23.3 Å². The topological polar surface area (TPSA) is 64.4 Å². The van der Waals surface area contributed by atoms with E-state index < -0.39 is 22.4 Å². The second kappa shape index (κ2) is 6.08. The molecule has 1 aromatic rings. The van der Waals surface area contributed by atoms with Crippen LogP contribution in [0.3, 0.4) is 0 Å². The van der Waals surface area contributed by atoms with Crippen LogP contribution in [0.15, 0.2) is 18.2 Å². The Balaban J connectivity index is 3.11. The Morgan fingerprint density at radius 3 is 2.40 bits per heavy atom. The number of nitrogens with zero attached hydrogens (tertiary/aromatic N) is 1. The van der Waals surface area contributed by atoms with Crippen LogP contribution in [0.4, 0.5) is 24.5 Å². The maximum absolute atomic E-state index is 12.5. The second-order valence-electron chi connectivity index (χ2n) is 4.36. The second-order valence-corrected chi connectivity index (χ2v) is 4.36. The van der Waals surface area contributed by atoms with Gasteiger partial charge in [0.05, 0.1) is 16.6 Å². The van der Waals surface area contributed by atoms with E-state index in [2.05, 4.69) is 5.32 Å². The van der Waals surface area contributed by atoms with Crippen molar-refractivity contribution in [3.8, 4) is 0 Å². The Labute approximate surface area is 113 Å². The summed E-state index contributed by atoms with van der Waals surface area (Å²) in [5.74, 6) is 0. The van der Waals surface area contributed by atoms with Gasteiger partial charge in [-0.2, -0.15) is 13.2 Å². The summed E-state index contributed by atoms with van der Waals surface area (Å²) in [6.07, 6.45) is -4.87. The Kier molecular flexibility index (Phi) is 4.93. The van der Waals surface area contributed by atoms with Crippen LogP contribution in [0.1, 0.15) is 19.4 Å². The van der Waals surface area contributed by atoms with E-state index in [1.54, 1.807) is 13.8 Å². The lowest BCUT2D eigenvalue weighted by atomic mass is 10.1. The summed E-state index contributed by atoms with van der Waals surface area (Å²) >= 11 is 0. The molecule has 0 saturated heterocycles. The minimum atomic E-state index is -4.62. The van der Waals surface area contributed by atoms with Gasteiger partial charge in [-0.15, -0.1) is 0 Å². The van der Waals surface area contributed by atoms with E-state index >= 15 is 0 Å². The first-order valence-electron chi connectivity index (χ1n) is 5.81. The highest BCUT2D eigenvalue weighted by atomic mass is 19.4. The number of rotatable bonds is 5. The first-order chi connectivity index (χ1) is 9.16. The number of anilines is 1. The number of hydrogen-bond donors (Lipinski definition) is 1. The first kappa shape index (κ1) is 16.2. The molecule has 0 aliphatic rings. The fourth-order valence-corrected chi connectivity index (χ4v) is 1.55. The molecule has 2 unspecified atom stereocenters. The molecular formula is C12H15F3N2O3. The van der Waals surface area contributed by atoms with Gasteiger partial charge in [0.15, 0.2) is 0 Å². The van der Waals surface area contributed by atoms with Crippen LogP contribution in [-0.4, -0.2) is 24.2 Å². The van der Waals surface area contributed by atoms with Crippen molar-refractivity contribution in [3.05, 3.63) is 33.9 Å². The molecule has 1 N–H and O–H groups in total. The van der Waals surface area contributed by atoms with E-state index in [-0.39, 0.29) is 17.8 Å². The summed E-state index contributed by atoms with van der Waals surface area (Å²) in [5, 5.41) is 13.7. The van der Waals surface area contributed by atoms with Crippen LogP contribution in [0, 0.1) is 10.1 Å². The molecule has 1 aromatic carbocycles. The predicted octanol–water partition coefficient (Wildman–Crippen LogP) is 3.45. The lowest BCUT2D eigenvalue weighted by Crippen LogP contribution is -2.30. The molecule has 0 aliphatic heterocycles. The molecule has 0 bridgehead atoms. The Bertz CT molecular complexity index is 491. The molecule has 8 heteroatoms. The van der Waals surface area contributed by atoms with Gasteiger partial charge in [0.2, 0.25) is 0 Å². The van der Waals surface area contributed by atoms with Crippen molar-refractivity contribution in [1.82, 2.24) is 0 Å². The summed E-state index contributed by atoms with van der Waals surface area (Å²) in [5.41, 5.74) is -1.64. The van der Waals surface area contributed by atoms with Crippen molar-refractivity contribution in [1.29, 1.82) is 0 Å². The highest BCUT2D eigenvalue weighted by molar-refractivity contribution is 5.63. The monoisotopic (exact) mass is 292 g/mol. The Morgan fingerprint density at radius 2 is 1.95 bits per heavy atom. The zero-order valence-corrected chi connectivity index (χ0v) is 11.2. The predicted molar refractivity (Wildman–Crippen MR) is 67.7 cm³/mol. The number of alkyl halides is 3. The van der Waals surface area contributed by atoms with Gasteiger partial charge in [0.1, 0.15) is 5.69 Å². The van der Waals surface area contributed by atoms with Crippen LogP contribution >= 0.6 is 0 Å². The summed E-state index contributed by atoms with van der Waals surface area (Å²) in [7, 11) is 1.48. The standard InChI is InChI=1S/C12H15F3N2O3/c1-7(8(2)20-3)16-10-5-4-9(12(13,14)15)6-11(10)17(18)19/h4-8,16H,1-3H3. The SMILES string of the molecule is COC(C)C(C)Nc1ccc(C(F)(F)F)cc1[N+](=O)[O-]. The molecular weight excluding hydrogens is 277 g/mol. The van der Waals surface area contributed by atoms with Crippen molar-refractivity contribution in [2.45, 2.75) is 32.2 Å². The largest absolute Gasteiger partial charge is 0.416 e. The molecule has 0 fully saturated rings. The maximum atomic E-state index is 12.5. The molecule has 112 valence electrons. The molecule has 0 spiro atoms. The van der Waals surface area contributed by atoms with Crippen molar-refractivity contribution in [2.75, 3.05) is 12.4 Å². The molecule has 5 nitrogen and oxygen atoms in total. The summed E-state index contributed by atoms with van der Waals surface area (Å²) in [6, 6.07) is 2.08. The van der Waals surface area contributed by atoms with E-state index in [1.165, 1.54) is 7.11 Å². The minimum Gasteiger partial charge on any atom is -0.380 e. The van der Waals surface area contributed by atoms with Gasteiger partial charge in [-0.1, -0.05) is 0 Å². The van der Waals surface area contributed by atoms with Crippen LogP contribution in [0.25, 0.3) is 0 Å². The van der Waals surface area contributed by atoms with E-state index in [1.807, 2.05) is 0 Å². The van der Waals surface area contributed by atoms with E-state index in [0.29, 0.717) is 6.07 Å². The molecule has 0 heterocycles. The summed E-state index contributed by atoms with van der Waals surface area (Å²) < 4.78 is 42.7. The average molecular weight is 292 g/mol. The number of ether oxygens (including phenoxy) is 1. The van der Waals surface area contributed by atoms with Crippen molar-refractivity contribution in [3.63, 3.8) is 0 Å². The number of nitro benzene ring substituents is 1. The highest BCUT2D eigenvalue weighted by Gasteiger charge is 2.33. The normalized spacial score (nSPS) is 14.7. The number of halogens is 3. The van der Waals surface area contributed by atoms with Crippen molar-refractivity contribution >= 4 is 11.4 Å². The molecule has 0 amide bonds. The fraction of sp³-hybridized carbons (Fsp3) is 0.500. The third-order valence-corrected chi connectivity index (χ3v) is 2.98. The van der Waals surface area contributed by atoms with Crippen molar-refractivity contribution in [2.24, 2.45) is 0 Å². The molecule has 2 atom stereocenters. The molecule has 0 saturated carbocycles. The quantitative estimate of drug-likeness (QED) is 0.667. The van der Waals surface area contributed by atoms with Gasteiger partial charge < -0.3 is 10.1 Å². The van der Waals surface area contributed by atoms with Gasteiger partial charge in [0, 0.05) is 19.2 Å². The van der Waals surface area contributed by atoms with Gasteiger partial charge >= 0.3 is 6.18 Å². The average Bonchev–Trinajstić information content (AvgIpc) is 2.36. The van der Waals surface area contributed by atoms with Crippen LogP contribution < -0.4 is 5.32 Å². The zero-order valence-electron chi connectivity index (χ0n) is 11.2. The number of methoxy groups -OCH3 is 1. The van der Waals surface area contributed by atoms with Crippen LogP contribution in [0.2, 0.25) is 0 Å². The third kappa shape index (κ3) is 3.83. The lowest BCUT2D eigenvalue weighted by molar-refractivity contribution is -0.384.